The van der Waals surface area contributed by atoms with Crippen molar-refractivity contribution >= 4 is 5.97 Å². The number of nitrogens with one attached hydrogen (secondary N) is 2. The molecule has 33 heavy (non-hydrogen) atoms. The highest BCUT2D eigenvalue weighted by atomic mass is 16.4. The van der Waals surface area contributed by atoms with Crippen molar-refractivity contribution in [2.75, 3.05) is 13.1 Å². The molecule has 7 nitrogen and oxygen atoms in total. The van der Waals surface area contributed by atoms with Crippen LogP contribution in [0.2, 0.25) is 0 Å². The lowest BCUT2D eigenvalue weighted by Gasteiger charge is -2.22. The van der Waals surface area contributed by atoms with Gasteiger partial charge in [-0.15, -0.1) is 10.2 Å². The molecule has 3 aromatic rings. The summed E-state index contributed by atoms with van der Waals surface area (Å²) in [5.74, 6) is -0.427. The highest BCUT2D eigenvalue weighted by molar-refractivity contribution is 5.71. The number of carboxylic acids is 1. The Hall–Kier alpha value is -3.06. The largest absolute Gasteiger partial charge is 0.481 e. The van der Waals surface area contributed by atoms with Crippen LogP contribution in [0.15, 0.2) is 48.5 Å². The van der Waals surface area contributed by atoms with Crippen LogP contribution in [0.3, 0.4) is 0 Å². The van der Waals surface area contributed by atoms with Crippen LogP contribution in [0.4, 0.5) is 0 Å². The average Bonchev–Trinajstić information content (AvgIpc) is 3.38. The molecule has 1 saturated heterocycles. The molecule has 0 radical (unpaired) electrons. The maximum Gasteiger partial charge on any atom is 0.307 e. The molecule has 174 valence electrons. The van der Waals surface area contributed by atoms with Crippen LogP contribution in [-0.4, -0.2) is 44.8 Å². The van der Waals surface area contributed by atoms with E-state index >= 15 is 0 Å². The van der Waals surface area contributed by atoms with Crippen molar-refractivity contribution in [3.63, 3.8) is 0 Å². The normalized spacial score (nSPS) is 16.4. The van der Waals surface area contributed by atoms with Crippen LogP contribution in [0.25, 0.3) is 11.1 Å². The second-order valence-electron chi connectivity index (χ2n) is 9.11. The van der Waals surface area contributed by atoms with Crippen LogP contribution in [-0.2, 0) is 17.6 Å². The number of tetrazole rings is 1. The Morgan fingerprint density at radius 3 is 2.21 bits per heavy atom. The fourth-order valence-electron chi connectivity index (χ4n) is 4.89. The summed E-state index contributed by atoms with van der Waals surface area (Å²) in [5, 5.41) is 27.5. The van der Waals surface area contributed by atoms with Crippen LogP contribution < -0.4 is 5.32 Å². The minimum atomic E-state index is -0.812. The monoisotopic (exact) mass is 447 g/mol. The highest BCUT2D eigenvalue weighted by Gasteiger charge is 2.32. The van der Waals surface area contributed by atoms with Crippen molar-refractivity contribution in [2.45, 2.75) is 51.4 Å². The molecule has 0 amide bonds. The zero-order valence-corrected chi connectivity index (χ0v) is 19.2. The Bertz CT molecular complexity index is 996. The molecule has 0 bridgehead atoms. The topological polar surface area (TPSA) is 104 Å². The number of hydrogen-bond acceptors (Lipinski definition) is 5. The number of benzene rings is 2. The van der Waals surface area contributed by atoms with Gasteiger partial charge in [0, 0.05) is 5.92 Å². The van der Waals surface area contributed by atoms with Gasteiger partial charge in [-0.05, 0) is 73.4 Å². The molecular weight excluding hydrogens is 414 g/mol. The van der Waals surface area contributed by atoms with Gasteiger partial charge in [0.15, 0.2) is 5.82 Å². The van der Waals surface area contributed by atoms with E-state index in [0.717, 1.165) is 43.0 Å². The summed E-state index contributed by atoms with van der Waals surface area (Å²) in [7, 11) is 0. The summed E-state index contributed by atoms with van der Waals surface area (Å²) in [5.41, 5.74) is 4.82. The van der Waals surface area contributed by atoms with Gasteiger partial charge in [0.2, 0.25) is 0 Å². The van der Waals surface area contributed by atoms with E-state index < -0.39 is 11.9 Å². The van der Waals surface area contributed by atoms with Gasteiger partial charge >= 0.3 is 5.97 Å². The van der Waals surface area contributed by atoms with Crippen LogP contribution >= 0.6 is 0 Å². The second-order valence-corrected chi connectivity index (χ2v) is 9.11. The fourth-order valence-corrected chi connectivity index (χ4v) is 4.89. The van der Waals surface area contributed by atoms with Gasteiger partial charge in [0.1, 0.15) is 0 Å². The van der Waals surface area contributed by atoms with Crippen molar-refractivity contribution in [1.29, 1.82) is 0 Å². The van der Waals surface area contributed by atoms with E-state index in [2.05, 4.69) is 74.5 Å². The molecule has 4 rings (SSSR count). The van der Waals surface area contributed by atoms with E-state index in [1.807, 2.05) is 6.92 Å². The van der Waals surface area contributed by atoms with Gasteiger partial charge in [-0.25, -0.2) is 0 Å². The number of aromatic nitrogens is 4. The van der Waals surface area contributed by atoms with Gasteiger partial charge in [-0.3, -0.25) is 4.79 Å². The first-order valence-electron chi connectivity index (χ1n) is 12.0. The van der Waals surface area contributed by atoms with Gasteiger partial charge in [-0.1, -0.05) is 67.1 Å². The number of aliphatic carboxylic acids is 1. The molecule has 2 heterocycles. The summed E-state index contributed by atoms with van der Waals surface area (Å²) >= 11 is 0. The molecule has 1 fully saturated rings. The van der Waals surface area contributed by atoms with E-state index in [4.69, 9.17) is 0 Å². The highest BCUT2D eigenvalue weighted by Crippen LogP contribution is 2.31. The zero-order chi connectivity index (χ0) is 23.0. The van der Waals surface area contributed by atoms with Crippen molar-refractivity contribution in [3.8, 4) is 11.1 Å². The molecule has 0 aliphatic carbocycles. The lowest BCUT2D eigenvalue weighted by molar-refractivity contribution is -0.142. The Morgan fingerprint density at radius 2 is 1.67 bits per heavy atom. The van der Waals surface area contributed by atoms with Gasteiger partial charge in [0.25, 0.3) is 0 Å². The number of carboxylic acid groups (broad SMARTS) is 1. The number of rotatable bonds is 10. The number of carbonyl (C=O) groups is 1. The summed E-state index contributed by atoms with van der Waals surface area (Å²) in [4.78, 5) is 11.9. The summed E-state index contributed by atoms with van der Waals surface area (Å²) in [6.07, 6.45) is 5.60. The SMILES string of the molecule is CCCC(C(=O)O)C(Cc1ccc(-c2ccc(CC3CCNCC3)cc2)cc1)c1nn[nH]n1. The Kier molecular flexibility index (Phi) is 7.83. The van der Waals surface area contributed by atoms with Crippen LogP contribution in [0.5, 0.6) is 0 Å². The molecule has 0 spiro atoms. The smallest absolute Gasteiger partial charge is 0.307 e. The molecular formula is C26H33N5O2. The molecule has 2 unspecified atom stereocenters. The maximum atomic E-state index is 11.9. The number of nitrogens with zero attached hydrogens (tertiary/aromatic N) is 3. The number of piperidine rings is 1. The third kappa shape index (κ3) is 6.05. The lowest BCUT2D eigenvalue weighted by Crippen LogP contribution is -2.28. The van der Waals surface area contributed by atoms with E-state index in [-0.39, 0.29) is 5.92 Å². The molecule has 1 aromatic heterocycles. The van der Waals surface area contributed by atoms with Crippen molar-refractivity contribution in [3.05, 3.63) is 65.5 Å². The van der Waals surface area contributed by atoms with E-state index in [1.54, 1.807) is 0 Å². The number of H-pyrrole nitrogens is 1. The third-order valence-electron chi connectivity index (χ3n) is 6.78. The zero-order valence-electron chi connectivity index (χ0n) is 19.2. The molecule has 3 N–H and O–H groups in total. The minimum Gasteiger partial charge on any atom is -0.481 e. The molecule has 2 aromatic carbocycles. The molecule has 7 heteroatoms. The summed E-state index contributed by atoms with van der Waals surface area (Å²) < 4.78 is 0. The van der Waals surface area contributed by atoms with E-state index in [9.17, 15) is 9.90 Å². The predicted molar refractivity (Wildman–Crippen MR) is 128 cm³/mol. The van der Waals surface area contributed by atoms with Gasteiger partial charge in [-0.2, -0.15) is 5.21 Å². The van der Waals surface area contributed by atoms with Crippen molar-refractivity contribution < 1.29 is 9.90 Å². The molecule has 1 aliphatic rings. The Labute approximate surface area is 195 Å². The van der Waals surface area contributed by atoms with E-state index in [1.165, 1.54) is 24.0 Å². The third-order valence-corrected chi connectivity index (χ3v) is 6.78. The Balaban J connectivity index is 1.45. The maximum absolute atomic E-state index is 11.9. The van der Waals surface area contributed by atoms with E-state index in [0.29, 0.717) is 18.7 Å². The van der Waals surface area contributed by atoms with Crippen LogP contribution in [0, 0.1) is 11.8 Å². The van der Waals surface area contributed by atoms with Gasteiger partial charge < -0.3 is 10.4 Å². The average molecular weight is 448 g/mol. The molecule has 0 saturated carbocycles. The fraction of sp³-hybridized carbons (Fsp3) is 0.462. The van der Waals surface area contributed by atoms with Crippen molar-refractivity contribution in [1.82, 2.24) is 25.9 Å². The summed E-state index contributed by atoms with van der Waals surface area (Å²) in [6.45, 7) is 4.26. The predicted octanol–water partition coefficient (Wildman–Crippen LogP) is 4.24. The first-order valence-corrected chi connectivity index (χ1v) is 12.0. The lowest BCUT2D eigenvalue weighted by atomic mass is 9.83. The minimum absolute atomic E-state index is 0.318. The second kappa shape index (κ2) is 11.2. The molecule has 2 atom stereocenters. The quantitative estimate of drug-likeness (QED) is 0.430. The standard InChI is InChI=1S/C26H33N5O2/c1-2-3-23(26(32)33)24(25-28-30-31-29-25)17-19-6-10-22(11-7-19)21-8-4-18(5-9-21)16-20-12-14-27-15-13-20/h4-11,20,23-24,27H,2-3,12-17H2,1H3,(H,32,33)(H,28,29,30,31). The van der Waals surface area contributed by atoms with Gasteiger partial charge in [0.05, 0.1) is 5.92 Å². The number of hydrogen-bond donors (Lipinski definition) is 3. The van der Waals surface area contributed by atoms with Crippen LogP contribution in [0.1, 0.15) is 55.5 Å². The number of aromatic amines is 1. The first-order chi connectivity index (χ1) is 16.1. The molecule has 1 aliphatic heterocycles. The Morgan fingerprint density at radius 1 is 1.03 bits per heavy atom. The van der Waals surface area contributed by atoms with Crippen molar-refractivity contribution in [2.24, 2.45) is 11.8 Å². The first kappa shape index (κ1) is 23.1. The summed E-state index contributed by atoms with van der Waals surface area (Å²) in [6, 6.07) is 17.3.